The highest BCUT2D eigenvalue weighted by Gasteiger charge is 2.25. The van der Waals surface area contributed by atoms with Crippen molar-refractivity contribution in [3.05, 3.63) is 71.1 Å². The quantitative estimate of drug-likeness (QED) is 0.365. The molecule has 1 amide bonds. The first-order valence-electron chi connectivity index (χ1n) is 10.4. The molecule has 170 valence electrons. The van der Waals surface area contributed by atoms with Crippen LogP contribution in [0.4, 0.5) is 0 Å². The largest absolute Gasteiger partial charge is 0.468 e. The molecule has 0 aliphatic heterocycles. The average molecular weight is 467 g/mol. The smallest absolute Gasteiger partial charge is 0.325 e. The van der Waals surface area contributed by atoms with E-state index < -0.39 is 5.97 Å². The normalized spacial score (nSPS) is 11.2. The summed E-state index contributed by atoms with van der Waals surface area (Å²) in [6.45, 7) is 3.96. The van der Waals surface area contributed by atoms with Gasteiger partial charge < -0.3 is 14.1 Å². The number of hydrogen-bond donors (Lipinski definition) is 0. The number of benzene rings is 1. The highest BCUT2D eigenvalue weighted by atomic mass is 35.5. The van der Waals surface area contributed by atoms with E-state index in [2.05, 4.69) is 5.10 Å². The summed E-state index contributed by atoms with van der Waals surface area (Å²) < 4.78 is 12.1. The number of hydrogen-bond acceptors (Lipinski definition) is 6. The zero-order chi connectivity index (χ0) is 23.5. The SMILES string of the molecule is COC(=O)CN(Cc1ccc(Cl)cc1)C(=O)c1cc(-c2ccco2)nc2c1cnn2C(C)C. The van der Waals surface area contributed by atoms with Gasteiger partial charge in [-0.3, -0.25) is 9.59 Å². The third-order valence-electron chi connectivity index (χ3n) is 5.18. The molecular weight excluding hydrogens is 444 g/mol. The Balaban J connectivity index is 1.81. The Kier molecular flexibility index (Phi) is 6.46. The van der Waals surface area contributed by atoms with Gasteiger partial charge in [0.1, 0.15) is 12.2 Å². The number of nitrogens with zero attached hydrogens (tertiary/aromatic N) is 4. The van der Waals surface area contributed by atoms with E-state index in [0.717, 1.165) is 5.56 Å². The number of aromatic nitrogens is 3. The summed E-state index contributed by atoms with van der Waals surface area (Å²) >= 11 is 5.99. The summed E-state index contributed by atoms with van der Waals surface area (Å²) in [6, 6.07) is 12.3. The van der Waals surface area contributed by atoms with Gasteiger partial charge in [0, 0.05) is 17.6 Å². The molecule has 4 rings (SSSR count). The molecule has 0 fully saturated rings. The minimum Gasteiger partial charge on any atom is -0.468 e. The number of fused-ring (bicyclic) bond motifs is 1. The average Bonchev–Trinajstić information content (AvgIpc) is 3.49. The summed E-state index contributed by atoms with van der Waals surface area (Å²) in [4.78, 5) is 32.0. The number of amides is 1. The van der Waals surface area contributed by atoms with Crippen LogP contribution < -0.4 is 0 Å². The second kappa shape index (κ2) is 9.46. The predicted octanol–water partition coefficient (Wildman–Crippen LogP) is 4.74. The van der Waals surface area contributed by atoms with E-state index in [-0.39, 0.29) is 25.0 Å². The van der Waals surface area contributed by atoms with Gasteiger partial charge in [0.2, 0.25) is 0 Å². The minimum atomic E-state index is -0.522. The number of carbonyl (C=O) groups excluding carboxylic acids is 2. The molecule has 0 radical (unpaired) electrons. The minimum absolute atomic E-state index is 0.0324. The van der Waals surface area contributed by atoms with Gasteiger partial charge in [0.25, 0.3) is 5.91 Å². The van der Waals surface area contributed by atoms with Crippen molar-refractivity contribution < 1.29 is 18.7 Å². The second-order valence-electron chi connectivity index (χ2n) is 7.82. The van der Waals surface area contributed by atoms with Crippen LogP contribution >= 0.6 is 11.6 Å². The molecule has 0 saturated heterocycles. The maximum atomic E-state index is 13.8. The molecule has 0 atom stereocenters. The first-order chi connectivity index (χ1) is 15.9. The third-order valence-corrected chi connectivity index (χ3v) is 5.43. The molecular formula is C24H23ClN4O4. The van der Waals surface area contributed by atoms with Gasteiger partial charge >= 0.3 is 5.97 Å². The fourth-order valence-electron chi connectivity index (χ4n) is 3.52. The number of halogens is 1. The van der Waals surface area contributed by atoms with Crippen LogP contribution in [0.15, 0.2) is 59.3 Å². The topological polar surface area (TPSA) is 90.5 Å². The summed E-state index contributed by atoms with van der Waals surface area (Å²) in [6.07, 6.45) is 3.17. The van der Waals surface area contributed by atoms with E-state index in [1.807, 2.05) is 26.0 Å². The Morgan fingerprint density at radius 3 is 2.61 bits per heavy atom. The molecule has 33 heavy (non-hydrogen) atoms. The number of ether oxygens (including phenoxy) is 1. The van der Waals surface area contributed by atoms with Crippen LogP contribution in [0.1, 0.15) is 35.8 Å². The lowest BCUT2D eigenvalue weighted by molar-refractivity contribution is -0.141. The van der Waals surface area contributed by atoms with Crippen LogP contribution in [0.5, 0.6) is 0 Å². The highest BCUT2D eigenvalue weighted by Crippen LogP contribution is 2.28. The van der Waals surface area contributed by atoms with E-state index in [0.29, 0.717) is 33.1 Å². The van der Waals surface area contributed by atoms with Gasteiger partial charge in [-0.2, -0.15) is 5.10 Å². The lowest BCUT2D eigenvalue weighted by Gasteiger charge is -2.22. The summed E-state index contributed by atoms with van der Waals surface area (Å²) in [7, 11) is 1.29. The van der Waals surface area contributed by atoms with Crippen LogP contribution in [0.3, 0.4) is 0 Å². The van der Waals surface area contributed by atoms with Gasteiger partial charge in [-0.15, -0.1) is 0 Å². The summed E-state index contributed by atoms with van der Waals surface area (Å²) in [5.41, 5.74) is 2.26. The first-order valence-corrected chi connectivity index (χ1v) is 10.8. The Morgan fingerprint density at radius 2 is 1.97 bits per heavy atom. The third kappa shape index (κ3) is 4.75. The number of carbonyl (C=O) groups is 2. The molecule has 0 bridgehead atoms. The highest BCUT2D eigenvalue weighted by molar-refractivity contribution is 6.30. The molecule has 4 aromatic rings. The maximum absolute atomic E-state index is 13.8. The van der Waals surface area contributed by atoms with E-state index in [1.165, 1.54) is 12.0 Å². The van der Waals surface area contributed by atoms with Crippen molar-refractivity contribution >= 4 is 34.5 Å². The molecule has 0 aliphatic carbocycles. The molecule has 0 saturated carbocycles. The monoisotopic (exact) mass is 466 g/mol. The van der Waals surface area contributed by atoms with Gasteiger partial charge in [-0.25, -0.2) is 9.67 Å². The predicted molar refractivity (Wildman–Crippen MR) is 124 cm³/mol. The van der Waals surface area contributed by atoms with Crippen molar-refractivity contribution in [1.82, 2.24) is 19.7 Å². The Bertz CT molecular complexity index is 1280. The molecule has 8 nitrogen and oxygen atoms in total. The fourth-order valence-corrected chi connectivity index (χ4v) is 3.65. The fraction of sp³-hybridized carbons (Fsp3) is 0.250. The van der Waals surface area contributed by atoms with E-state index in [1.54, 1.807) is 47.5 Å². The van der Waals surface area contributed by atoms with Gasteiger partial charge in [0.15, 0.2) is 11.4 Å². The van der Waals surface area contributed by atoms with Gasteiger partial charge in [-0.1, -0.05) is 23.7 Å². The van der Waals surface area contributed by atoms with Crippen LogP contribution in [0.2, 0.25) is 5.02 Å². The molecule has 3 aromatic heterocycles. The van der Waals surface area contributed by atoms with E-state index >= 15 is 0 Å². The standard InChI is InChI=1S/C24H23ClN4O4/c1-15(2)29-23-19(12-26-29)18(11-20(27-23)21-5-4-10-33-21)24(31)28(14-22(30)32-3)13-16-6-8-17(25)9-7-16/h4-12,15H,13-14H2,1-3H3. The van der Waals surface area contributed by atoms with Gasteiger partial charge in [0.05, 0.1) is 30.5 Å². The van der Waals surface area contributed by atoms with Gasteiger partial charge in [-0.05, 0) is 49.7 Å². The molecule has 9 heteroatoms. The Morgan fingerprint density at radius 1 is 1.21 bits per heavy atom. The molecule has 0 spiro atoms. The van der Waals surface area contributed by atoms with E-state index in [4.69, 9.17) is 25.7 Å². The van der Waals surface area contributed by atoms with Crippen LogP contribution in [-0.4, -0.2) is 45.2 Å². The van der Waals surface area contributed by atoms with Crippen molar-refractivity contribution in [2.75, 3.05) is 13.7 Å². The number of esters is 1. The molecule has 0 N–H and O–H groups in total. The number of rotatable bonds is 7. The van der Waals surface area contributed by atoms with Crippen molar-refractivity contribution in [1.29, 1.82) is 0 Å². The first kappa shape index (κ1) is 22.5. The molecule has 0 aliphatic rings. The molecule has 3 heterocycles. The van der Waals surface area contributed by atoms with Crippen molar-refractivity contribution in [2.45, 2.75) is 26.4 Å². The number of pyridine rings is 1. The summed E-state index contributed by atoms with van der Waals surface area (Å²) in [5, 5.41) is 5.62. The number of furan rings is 1. The van der Waals surface area contributed by atoms with Crippen molar-refractivity contribution in [2.24, 2.45) is 0 Å². The van der Waals surface area contributed by atoms with E-state index in [9.17, 15) is 9.59 Å². The lowest BCUT2D eigenvalue weighted by Crippen LogP contribution is -2.36. The van der Waals surface area contributed by atoms with Crippen LogP contribution in [0.25, 0.3) is 22.5 Å². The maximum Gasteiger partial charge on any atom is 0.325 e. The summed E-state index contributed by atoms with van der Waals surface area (Å²) in [5.74, 6) is -0.342. The van der Waals surface area contributed by atoms with Crippen molar-refractivity contribution in [3.8, 4) is 11.5 Å². The zero-order valence-electron chi connectivity index (χ0n) is 18.5. The Labute approximate surface area is 195 Å². The Hall–Kier alpha value is -3.65. The zero-order valence-corrected chi connectivity index (χ0v) is 19.2. The molecule has 1 aromatic carbocycles. The van der Waals surface area contributed by atoms with Crippen LogP contribution in [0, 0.1) is 0 Å². The number of methoxy groups -OCH3 is 1. The lowest BCUT2D eigenvalue weighted by atomic mass is 10.1. The second-order valence-corrected chi connectivity index (χ2v) is 8.25. The van der Waals surface area contributed by atoms with Crippen molar-refractivity contribution in [3.63, 3.8) is 0 Å². The molecule has 0 unspecified atom stereocenters. The van der Waals surface area contributed by atoms with Crippen LogP contribution in [-0.2, 0) is 16.1 Å².